The number of nitrogens with one attached hydrogen (secondary N) is 1. The minimum atomic E-state index is -4.67. The molecule has 0 aliphatic heterocycles. The first kappa shape index (κ1) is 26.7. The maximum absolute atomic E-state index is 12.4. The number of halogens is 4. The molecule has 0 aliphatic rings. The van der Waals surface area contributed by atoms with Crippen molar-refractivity contribution >= 4 is 17.4 Å². The molecular weight excluding hydrogens is 474 g/mol. The van der Waals surface area contributed by atoms with E-state index in [4.69, 9.17) is 0 Å². The van der Waals surface area contributed by atoms with Crippen LogP contribution in [0.15, 0.2) is 72.9 Å². The Morgan fingerprint density at radius 2 is 1.78 bits per heavy atom. The summed E-state index contributed by atoms with van der Waals surface area (Å²) in [7, 11) is 0. The molecule has 4 rings (SSSR count). The monoisotopic (exact) mass is 501 g/mol. The number of amides is 1. The first-order chi connectivity index (χ1) is 17.2. The third-order valence-corrected chi connectivity index (χ3v) is 5.43. The van der Waals surface area contributed by atoms with E-state index in [-0.39, 0.29) is 17.6 Å². The number of hydrogen-bond acceptors (Lipinski definition) is 3. The van der Waals surface area contributed by atoms with Gasteiger partial charge in [0.05, 0.1) is 6.04 Å². The van der Waals surface area contributed by atoms with Crippen molar-refractivity contribution < 1.29 is 27.1 Å². The highest BCUT2D eigenvalue weighted by molar-refractivity contribution is 5.77. The van der Waals surface area contributed by atoms with Gasteiger partial charge in [-0.1, -0.05) is 37.6 Å². The Kier molecular flexibility index (Phi) is 9.05. The summed E-state index contributed by atoms with van der Waals surface area (Å²) < 4.78 is 55.1. The number of aromatic nitrogens is 2. The van der Waals surface area contributed by atoms with Crippen molar-refractivity contribution in [2.24, 2.45) is 0 Å². The fraction of sp³-hybridized carbons (Fsp3) is 0.259. The number of alkyl halides is 3. The Morgan fingerprint density at radius 1 is 1.08 bits per heavy atom. The number of pyridine rings is 1. The first-order valence-electron chi connectivity index (χ1n) is 11.4. The molecule has 2 aromatic carbocycles. The molecule has 0 saturated carbocycles. The molecule has 5 nitrogen and oxygen atoms in total. The molecule has 2 heterocycles. The molecule has 4 aromatic rings. The quantitative estimate of drug-likeness (QED) is 0.220. The third-order valence-electron chi connectivity index (χ3n) is 5.43. The standard InChI is InChI=1S/C18H17F3N2O.C9H10FNO/c1-2-4-15-11-14-5-3-10-22-17(14)23(15)12-13-6-8-16(9-7-13)24-18(19,20)21;1-7(11-6-12)8-2-4-9(10)5-3-8/h3,5-11H,2,4,12H2,1H3;2-7H,1H3,(H,11,12). The number of ether oxygens (including phenoxy) is 1. The van der Waals surface area contributed by atoms with Gasteiger partial charge >= 0.3 is 6.36 Å². The van der Waals surface area contributed by atoms with Gasteiger partial charge in [-0.15, -0.1) is 13.2 Å². The van der Waals surface area contributed by atoms with Gasteiger partial charge in [0.15, 0.2) is 0 Å². The normalized spacial score (nSPS) is 11.9. The van der Waals surface area contributed by atoms with Gasteiger partial charge < -0.3 is 14.6 Å². The number of benzene rings is 2. The van der Waals surface area contributed by atoms with Crippen molar-refractivity contribution in [3.8, 4) is 5.75 Å². The number of rotatable bonds is 8. The number of carbonyl (C=O) groups is 1. The van der Waals surface area contributed by atoms with Crippen LogP contribution < -0.4 is 10.1 Å². The predicted molar refractivity (Wildman–Crippen MR) is 130 cm³/mol. The third kappa shape index (κ3) is 7.56. The van der Waals surface area contributed by atoms with E-state index in [2.05, 4.69) is 32.6 Å². The van der Waals surface area contributed by atoms with Gasteiger partial charge in [-0.25, -0.2) is 9.37 Å². The van der Waals surface area contributed by atoms with E-state index in [0.29, 0.717) is 13.0 Å². The van der Waals surface area contributed by atoms with Crippen LogP contribution in [0, 0.1) is 5.82 Å². The molecule has 1 atom stereocenters. The fourth-order valence-corrected chi connectivity index (χ4v) is 3.71. The van der Waals surface area contributed by atoms with Crippen molar-refractivity contribution in [3.05, 3.63) is 95.6 Å². The molecular formula is C27H27F4N3O2. The average molecular weight is 502 g/mol. The van der Waals surface area contributed by atoms with Gasteiger partial charge in [0.1, 0.15) is 17.2 Å². The topological polar surface area (TPSA) is 56.2 Å². The molecule has 0 saturated heterocycles. The largest absolute Gasteiger partial charge is 0.573 e. The Hall–Kier alpha value is -3.88. The number of nitrogens with zero attached hydrogens (tertiary/aromatic N) is 2. The fourth-order valence-electron chi connectivity index (χ4n) is 3.71. The second-order valence-electron chi connectivity index (χ2n) is 8.14. The van der Waals surface area contributed by atoms with Crippen LogP contribution in [0.25, 0.3) is 11.0 Å². The van der Waals surface area contributed by atoms with E-state index in [1.807, 2.05) is 19.1 Å². The van der Waals surface area contributed by atoms with E-state index in [0.717, 1.165) is 35.0 Å². The van der Waals surface area contributed by atoms with Gasteiger partial charge in [0, 0.05) is 23.8 Å². The number of carbonyl (C=O) groups excluding carboxylic acids is 1. The van der Waals surface area contributed by atoms with E-state index >= 15 is 0 Å². The van der Waals surface area contributed by atoms with Gasteiger partial charge in [0.25, 0.3) is 0 Å². The van der Waals surface area contributed by atoms with Crippen LogP contribution in [0.1, 0.15) is 43.1 Å². The maximum atomic E-state index is 12.4. The molecule has 2 aromatic heterocycles. The zero-order chi connectivity index (χ0) is 26.1. The molecule has 0 radical (unpaired) electrons. The van der Waals surface area contributed by atoms with Crippen molar-refractivity contribution in [2.45, 2.75) is 45.6 Å². The lowest BCUT2D eigenvalue weighted by atomic mass is 10.1. The van der Waals surface area contributed by atoms with Gasteiger partial charge in [-0.05, 0) is 66.9 Å². The Balaban J connectivity index is 0.000000253. The smallest absolute Gasteiger partial charge is 0.406 e. The molecule has 1 amide bonds. The summed E-state index contributed by atoms with van der Waals surface area (Å²) in [5.41, 5.74) is 3.84. The lowest BCUT2D eigenvalue weighted by Gasteiger charge is -2.12. The second-order valence-corrected chi connectivity index (χ2v) is 8.14. The molecule has 9 heteroatoms. The van der Waals surface area contributed by atoms with Crippen LogP contribution >= 0.6 is 0 Å². The summed E-state index contributed by atoms with van der Waals surface area (Å²) in [4.78, 5) is 14.5. The zero-order valence-electron chi connectivity index (χ0n) is 19.9. The first-order valence-corrected chi connectivity index (χ1v) is 11.4. The van der Waals surface area contributed by atoms with E-state index in [1.165, 1.54) is 30.0 Å². The van der Waals surface area contributed by atoms with Crippen molar-refractivity contribution in [2.75, 3.05) is 0 Å². The summed E-state index contributed by atoms with van der Waals surface area (Å²) in [5.74, 6) is -0.479. The van der Waals surface area contributed by atoms with E-state index < -0.39 is 6.36 Å². The number of fused-ring (bicyclic) bond motifs is 1. The predicted octanol–water partition coefficient (Wildman–Crippen LogP) is 6.57. The van der Waals surface area contributed by atoms with E-state index in [9.17, 15) is 22.4 Å². The van der Waals surface area contributed by atoms with Gasteiger partial charge in [0.2, 0.25) is 6.41 Å². The van der Waals surface area contributed by atoms with Crippen LogP contribution in [-0.2, 0) is 17.8 Å². The zero-order valence-corrected chi connectivity index (χ0v) is 19.9. The molecule has 36 heavy (non-hydrogen) atoms. The SMILES string of the molecule is CC(NC=O)c1ccc(F)cc1.CCCc1cc2cccnc2n1Cc1ccc(OC(F)(F)F)cc1. The highest BCUT2D eigenvalue weighted by atomic mass is 19.4. The number of hydrogen-bond donors (Lipinski definition) is 1. The van der Waals surface area contributed by atoms with Crippen LogP contribution in [0.5, 0.6) is 5.75 Å². The minimum absolute atomic E-state index is 0.0666. The lowest BCUT2D eigenvalue weighted by molar-refractivity contribution is -0.274. The number of aryl methyl sites for hydroxylation is 1. The summed E-state index contributed by atoms with van der Waals surface area (Å²) in [6.07, 6.45) is -0.362. The molecule has 0 aliphatic carbocycles. The van der Waals surface area contributed by atoms with Gasteiger partial charge in [-0.3, -0.25) is 4.79 Å². The molecule has 1 unspecified atom stereocenters. The van der Waals surface area contributed by atoms with Crippen molar-refractivity contribution in [3.63, 3.8) is 0 Å². The Morgan fingerprint density at radius 3 is 2.39 bits per heavy atom. The molecule has 0 bridgehead atoms. The minimum Gasteiger partial charge on any atom is -0.406 e. The summed E-state index contributed by atoms with van der Waals surface area (Å²) >= 11 is 0. The van der Waals surface area contributed by atoms with Crippen LogP contribution in [0.2, 0.25) is 0 Å². The van der Waals surface area contributed by atoms with Crippen molar-refractivity contribution in [1.29, 1.82) is 0 Å². The Labute approximate surface area is 206 Å². The van der Waals surface area contributed by atoms with E-state index in [1.54, 1.807) is 30.5 Å². The van der Waals surface area contributed by atoms with Crippen LogP contribution in [0.4, 0.5) is 17.6 Å². The Bertz CT molecular complexity index is 1250. The highest BCUT2D eigenvalue weighted by Crippen LogP contribution is 2.24. The summed E-state index contributed by atoms with van der Waals surface area (Å²) in [6.45, 7) is 4.50. The maximum Gasteiger partial charge on any atom is 0.573 e. The molecule has 1 N–H and O–H groups in total. The molecule has 0 spiro atoms. The molecule has 190 valence electrons. The second kappa shape index (κ2) is 12.2. The average Bonchev–Trinajstić information content (AvgIpc) is 3.18. The van der Waals surface area contributed by atoms with Crippen molar-refractivity contribution in [1.82, 2.24) is 14.9 Å². The summed E-state index contributed by atoms with van der Waals surface area (Å²) in [6, 6.07) is 18.0. The summed E-state index contributed by atoms with van der Waals surface area (Å²) in [5, 5.41) is 3.65. The highest BCUT2D eigenvalue weighted by Gasteiger charge is 2.30. The van der Waals surface area contributed by atoms with Crippen LogP contribution in [0.3, 0.4) is 0 Å². The van der Waals surface area contributed by atoms with Crippen LogP contribution in [-0.4, -0.2) is 22.3 Å². The lowest BCUT2D eigenvalue weighted by Crippen LogP contribution is -2.17. The molecule has 0 fully saturated rings. The van der Waals surface area contributed by atoms with Gasteiger partial charge in [-0.2, -0.15) is 0 Å².